The molecule has 3 rings (SSSR count). The molecule has 3 aliphatic rings. The molecule has 0 aromatic rings. The van der Waals surface area contributed by atoms with Gasteiger partial charge in [0.25, 0.3) is 0 Å². The SMILES string of the molecule is CC1CC(NC2CCSC2)CN1C1CC1. The van der Waals surface area contributed by atoms with E-state index in [-0.39, 0.29) is 0 Å². The zero-order chi connectivity index (χ0) is 10.3. The minimum Gasteiger partial charge on any atom is -0.309 e. The number of nitrogens with zero attached hydrogens (tertiary/aromatic N) is 1. The molecule has 1 N–H and O–H groups in total. The van der Waals surface area contributed by atoms with Gasteiger partial charge in [-0.05, 0) is 38.4 Å². The van der Waals surface area contributed by atoms with Crippen LogP contribution in [0.4, 0.5) is 0 Å². The Kier molecular flexibility index (Phi) is 2.97. The van der Waals surface area contributed by atoms with E-state index < -0.39 is 0 Å². The molecule has 2 aliphatic heterocycles. The molecule has 0 aromatic heterocycles. The molecule has 0 amide bonds. The average molecular weight is 226 g/mol. The summed E-state index contributed by atoms with van der Waals surface area (Å²) in [4.78, 5) is 2.74. The van der Waals surface area contributed by atoms with Crippen molar-refractivity contribution in [3.63, 3.8) is 0 Å². The zero-order valence-electron chi connectivity index (χ0n) is 9.61. The summed E-state index contributed by atoms with van der Waals surface area (Å²) in [5.41, 5.74) is 0. The Bertz CT molecular complexity index is 222. The normalized spacial score (nSPS) is 42.6. The maximum Gasteiger partial charge on any atom is 0.0212 e. The molecule has 3 heteroatoms. The molecule has 86 valence electrons. The Hall–Kier alpha value is 0.270. The van der Waals surface area contributed by atoms with E-state index in [0.29, 0.717) is 0 Å². The topological polar surface area (TPSA) is 15.3 Å². The highest BCUT2D eigenvalue weighted by molar-refractivity contribution is 7.99. The van der Waals surface area contributed by atoms with Crippen LogP contribution in [0.1, 0.15) is 32.6 Å². The lowest BCUT2D eigenvalue weighted by Crippen LogP contribution is -2.40. The van der Waals surface area contributed by atoms with Crippen molar-refractivity contribution in [1.29, 1.82) is 0 Å². The number of hydrogen-bond acceptors (Lipinski definition) is 3. The van der Waals surface area contributed by atoms with Crippen LogP contribution in [-0.4, -0.2) is 47.1 Å². The first-order valence-corrected chi connectivity index (χ1v) is 7.58. The first kappa shape index (κ1) is 10.4. The molecule has 15 heavy (non-hydrogen) atoms. The third-order valence-electron chi connectivity index (χ3n) is 4.04. The summed E-state index contributed by atoms with van der Waals surface area (Å²) in [5, 5.41) is 3.86. The van der Waals surface area contributed by atoms with Gasteiger partial charge in [-0.2, -0.15) is 11.8 Å². The lowest BCUT2D eigenvalue weighted by atomic mass is 10.1. The Balaban J connectivity index is 1.50. The summed E-state index contributed by atoms with van der Waals surface area (Å²) in [6.45, 7) is 3.72. The molecule has 3 unspecified atom stereocenters. The quantitative estimate of drug-likeness (QED) is 0.788. The number of nitrogens with one attached hydrogen (secondary N) is 1. The third kappa shape index (κ3) is 2.34. The molecule has 1 aliphatic carbocycles. The van der Waals surface area contributed by atoms with Gasteiger partial charge in [-0.15, -0.1) is 0 Å². The summed E-state index contributed by atoms with van der Waals surface area (Å²) >= 11 is 2.11. The van der Waals surface area contributed by atoms with Crippen molar-refractivity contribution in [1.82, 2.24) is 10.2 Å². The van der Waals surface area contributed by atoms with Crippen molar-refractivity contribution in [3.05, 3.63) is 0 Å². The Labute approximate surface area is 97.2 Å². The summed E-state index contributed by atoms with van der Waals surface area (Å²) < 4.78 is 0. The minimum atomic E-state index is 0.782. The van der Waals surface area contributed by atoms with Crippen LogP contribution in [0.2, 0.25) is 0 Å². The molecule has 0 aromatic carbocycles. The molecular formula is C12H22N2S. The smallest absolute Gasteiger partial charge is 0.0212 e. The van der Waals surface area contributed by atoms with Gasteiger partial charge in [-0.1, -0.05) is 0 Å². The fraction of sp³-hybridized carbons (Fsp3) is 1.00. The second kappa shape index (κ2) is 4.27. The summed E-state index contributed by atoms with van der Waals surface area (Å²) in [5.74, 6) is 2.71. The van der Waals surface area contributed by atoms with Gasteiger partial charge in [0.2, 0.25) is 0 Å². The van der Waals surface area contributed by atoms with E-state index in [1.165, 1.54) is 43.7 Å². The Morgan fingerprint density at radius 1 is 1.20 bits per heavy atom. The van der Waals surface area contributed by atoms with E-state index in [2.05, 4.69) is 28.9 Å². The van der Waals surface area contributed by atoms with Gasteiger partial charge in [0, 0.05) is 36.5 Å². The Morgan fingerprint density at radius 3 is 2.73 bits per heavy atom. The number of likely N-dealkylation sites (tertiary alicyclic amines) is 1. The van der Waals surface area contributed by atoms with E-state index in [1.807, 2.05) is 0 Å². The Morgan fingerprint density at radius 2 is 2.07 bits per heavy atom. The molecule has 1 saturated carbocycles. The number of hydrogen-bond donors (Lipinski definition) is 1. The molecule has 3 atom stereocenters. The molecule has 2 saturated heterocycles. The minimum absolute atomic E-state index is 0.782. The van der Waals surface area contributed by atoms with Crippen LogP contribution in [-0.2, 0) is 0 Å². The zero-order valence-corrected chi connectivity index (χ0v) is 10.4. The molecule has 0 radical (unpaired) electrons. The van der Waals surface area contributed by atoms with Crippen LogP contribution in [0.5, 0.6) is 0 Å². The van der Waals surface area contributed by atoms with Crippen molar-refractivity contribution in [2.45, 2.75) is 56.8 Å². The van der Waals surface area contributed by atoms with E-state index in [0.717, 1.165) is 24.2 Å². The van der Waals surface area contributed by atoms with Crippen LogP contribution in [0.3, 0.4) is 0 Å². The molecule has 0 bridgehead atoms. The van der Waals surface area contributed by atoms with Gasteiger partial charge in [-0.25, -0.2) is 0 Å². The fourth-order valence-corrected chi connectivity index (χ4v) is 4.26. The van der Waals surface area contributed by atoms with Crippen molar-refractivity contribution >= 4 is 11.8 Å². The van der Waals surface area contributed by atoms with Crippen molar-refractivity contribution in [2.24, 2.45) is 0 Å². The fourth-order valence-electron chi connectivity index (χ4n) is 3.09. The van der Waals surface area contributed by atoms with Crippen molar-refractivity contribution in [3.8, 4) is 0 Å². The average Bonchev–Trinajstić information content (AvgIpc) is 2.81. The van der Waals surface area contributed by atoms with Gasteiger partial charge in [0.1, 0.15) is 0 Å². The first-order valence-electron chi connectivity index (χ1n) is 6.42. The predicted molar refractivity (Wildman–Crippen MR) is 66.5 cm³/mol. The van der Waals surface area contributed by atoms with Gasteiger partial charge < -0.3 is 5.32 Å². The molecular weight excluding hydrogens is 204 g/mol. The molecule has 2 heterocycles. The highest BCUT2D eigenvalue weighted by Gasteiger charge is 2.39. The van der Waals surface area contributed by atoms with Gasteiger partial charge in [-0.3, -0.25) is 4.90 Å². The second-order valence-electron chi connectivity index (χ2n) is 5.44. The summed E-state index contributed by atoms with van der Waals surface area (Å²) in [7, 11) is 0. The van der Waals surface area contributed by atoms with E-state index in [9.17, 15) is 0 Å². The van der Waals surface area contributed by atoms with Crippen LogP contribution >= 0.6 is 11.8 Å². The third-order valence-corrected chi connectivity index (χ3v) is 5.20. The lowest BCUT2D eigenvalue weighted by Gasteiger charge is -2.20. The lowest BCUT2D eigenvalue weighted by molar-refractivity contribution is 0.254. The van der Waals surface area contributed by atoms with Crippen LogP contribution in [0.15, 0.2) is 0 Å². The number of rotatable bonds is 3. The van der Waals surface area contributed by atoms with Gasteiger partial charge >= 0.3 is 0 Å². The molecule has 2 nitrogen and oxygen atoms in total. The van der Waals surface area contributed by atoms with Crippen LogP contribution in [0, 0.1) is 0 Å². The first-order chi connectivity index (χ1) is 7.33. The second-order valence-corrected chi connectivity index (χ2v) is 6.59. The summed E-state index contributed by atoms with van der Waals surface area (Å²) in [6, 6.07) is 3.37. The van der Waals surface area contributed by atoms with E-state index in [1.54, 1.807) is 0 Å². The molecule has 3 fully saturated rings. The van der Waals surface area contributed by atoms with E-state index >= 15 is 0 Å². The highest BCUT2D eigenvalue weighted by atomic mass is 32.2. The highest BCUT2D eigenvalue weighted by Crippen LogP contribution is 2.33. The van der Waals surface area contributed by atoms with Crippen LogP contribution in [0.25, 0.3) is 0 Å². The molecule has 0 spiro atoms. The maximum absolute atomic E-state index is 3.86. The van der Waals surface area contributed by atoms with Gasteiger partial charge in [0.05, 0.1) is 0 Å². The van der Waals surface area contributed by atoms with Crippen molar-refractivity contribution < 1.29 is 0 Å². The number of thioether (sulfide) groups is 1. The van der Waals surface area contributed by atoms with E-state index in [4.69, 9.17) is 0 Å². The van der Waals surface area contributed by atoms with Crippen LogP contribution < -0.4 is 5.32 Å². The van der Waals surface area contributed by atoms with Gasteiger partial charge in [0.15, 0.2) is 0 Å². The largest absolute Gasteiger partial charge is 0.309 e. The standard InChI is InChI=1S/C12H22N2S/c1-9-6-11(7-14(9)12-2-3-12)13-10-4-5-15-8-10/h9-13H,2-8H2,1H3. The monoisotopic (exact) mass is 226 g/mol. The summed E-state index contributed by atoms with van der Waals surface area (Å²) in [6.07, 6.45) is 5.67. The van der Waals surface area contributed by atoms with Crippen molar-refractivity contribution in [2.75, 3.05) is 18.1 Å². The predicted octanol–water partition coefficient (Wildman–Crippen LogP) is 1.71. The maximum atomic E-state index is 3.86.